The average Bonchev–Trinajstić information content (AvgIpc) is 2.62. The molecular formula is C22H28N2O. The number of ether oxygens (including phenoxy) is 1. The maximum absolute atomic E-state index is 6.24. The predicted molar refractivity (Wildman–Crippen MR) is 102 cm³/mol. The zero-order valence-electron chi connectivity index (χ0n) is 15.2. The van der Waals surface area contributed by atoms with Crippen LogP contribution in [0.4, 0.5) is 0 Å². The van der Waals surface area contributed by atoms with E-state index in [4.69, 9.17) is 4.74 Å². The molecule has 1 aromatic carbocycles. The van der Waals surface area contributed by atoms with E-state index in [9.17, 15) is 0 Å². The largest absolute Gasteiger partial charge is 0.490 e. The van der Waals surface area contributed by atoms with Gasteiger partial charge in [0.15, 0.2) is 0 Å². The third kappa shape index (κ3) is 3.72. The lowest BCUT2D eigenvalue weighted by Gasteiger charge is -2.41. The standard InChI is InChI=1S/C22H28N2O/c1-2-22-21(7-4-14-23-22)17-8-10-19(11-9-17)25-20-12-15-24(16-13-20)18-5-3-6-18/h4,7-11,14,18,20H,2-3,5-6,12-13,15-16H2,1H3. The molecule has 0 atom stereocenters. The molecule has 3 nitrogen and oxygen atoms in total. The highest BCUT2D eigenvalue weighted by Crippen LogP contribution is 2.29. The van der Waals surface area contributed by atoms with Crippen molar-refractivity contribution in [1.82, 2.24) is 9.88 Å². The average molecular weight is 336 g/mol. The summed E-state index contributed by atoms with van der Waals surface area (Å²) < 4.78 is 6.24. The van der Waals surface area contributed by atoms with Gasteiger partial charge in [-0.1, -0.05) is 31.5 Å². The summed E-state index contributed by atoms with van der Waals surface area (Å²) in [4.78, 5) is 7.15. The third-order valence-corrected chi connectivity index (χ3v) is 5.76. The van der Waals surface area contributed by atoms with Crippen LogP contribution in [-0.2, 0) is 6.42 Å². The van der Waals surface area contributed by atoms with E-state index in [1.165, 1.54) is 43.5 Å². The third-order valence-electron chi connectivity index (χ3n) is 5.76. The topological polar surface area (TPSA) is 25.4 Å². The van der Waals surface area contributed by atoms with Gasteiger partial charge in [0.1, 0.15) is 11.9 Å². The van der Waals surface area contributed by atoms with Gasteiger partial charge in [0.25, 0.3) is 0 Å². The summed E-state index contributed by atoms with van der Waals surface area (Å²) in [6, 6.07) is 13.6. The minimum absolute atomic E-state index is 0.367. The van der Waals surface area contributed by atoms with Crippen LogP contribution in [0, 0.1) is 0 Å². The Kier molecular flexibility index (Phi) is 5.02. The lowest BCUT2D eigenvalue weighted by Crippen LogP contribution is -2.46. The van der Waals surface area contributed by atoms with Crippen LogP contribution in [0.1, 0.15) is 44.7 Å². The molecule has 25 heavy (non-hydrogen) atoms. The molecule has 1 aliphatic carbocycles. The van der Waals surface area contributed by atoms with Gasteiger partial charge in [0, 0.05) is 36.6 Å². The predicted octanol–water partition coefficient (Wildman–Crippen LogP) is 4.71. The van der Waals surface area contributed by atoms with Gasteiger partial charge in [-0.15, -0.1) is 0 Å². The first-order valence-electron chi connectivity index (χ1n) is 9.78. The molecular weight excluding hydrogens is 308 g/mol. The Bertz CT molecular complexity index is 685. The van der Waals surface area contributed by atoms with Crippen LogP contribution in [0.5, 0.6) is 5.75 Å². The maximum Gasteiger partial charge on any atom is 0.119 e. The number of pyridine rings is 1. The lowest BCUT2D eigenvalue weighted by molar-refractivity contribution is 0.0493. The molecule has 0 amide bonds. The minimum atomic E-state index is 0.367. The van der Waals surface area contributed by atoms with Crippen molar-refractivity contribution in [3.8, 4) is 16.9 Å². The van der Waals surface area contributed by atoms with Crippen molar-refractivity contribution in [2.24, 2.45) is 0 Å². The first-order valence-corrected chi connectivity index (χ1v) is 9.78. The van der Waals surface area contributed by atoms with E-state index in [1.54, 1.807) is 0 Å². The highest BCUT2D eigenvalue weighted by Gasteiger charge is 2.29. The Morgan fingerprint density at radius 3 is 2.44 bits per heavy atom. The smallest absolute Gasteiger partial charge is 0.119 e. The van der Waals surface area contributed by atoms with E-state index in [0.29, 0.717) is 6.10 Å². The maximum atomic E-state index is 6.24. The van der Waals surface area contributed by atoms with E-state index in [-0.39, 0.29) is 0 Å². The second kappa shape index (κ2) is 7.57. The summed E-state index contributed by atoms with van der Waals surface area (Å²) in [5.74, 6) is 0.993. The molecule has 0 spiro atoms. The van der Waals surface area contributed by atoms with Gasteiger partial charge in [0.2, 0.25) is 0 Å². The first-order chi connectivity index (χ1) is 12.3. The Morgan fingerprint density at radius 1 is 1.04 bits per heavy atom. The number of hydrogen-bond acceptors (Lipinski definition) is 3. The summed E-state index contributed by atoms with van der Waals surface area (Å²) in [7, 11) is 0. The first kappa shape index (κ1) is 16.6. The van der Waals surface area contributed by atoms with Crippen LogP contribution in [-0.4, -0.2) is 35.1 Å². The van der Waals surface area contributed by atoms with Crippen molar-refractivity contribution in [1.29, 1.82) is 0 Å². The van der Waals surface area contributed by atoms with Gasteiger partial charge < -0.3 is 9.64 Å². The molecule has 0 unspecified atom stereocenters. The fourth-order valence-corrected chi connectivity index (χ4v) is 4.00. The second-order valence-corrected chi connectivity index (χ2v) is 7.31. The Hall–Kier alpha value is -1.87. The number of likely N-dealkylation sites (tertiary alicyclic amines) is 1. The molecule has 0 N–H and O–H groups in total. The fourth-order valence-electron chi connectivity index (χ4n) is 4.00. The van der Waals surface area contributed by atoms with Crippen LogP contribution in [0.25, 0.3) is 11.1 Å². The van der Waals surface area contributed by atoms with E-state index in [2.05, 4.69) is 47.1 Å². The normalized spacial score (nSPS) is 19.6. The minimum Gasteiger partial charge on any atom is -0.490 e. The lowest BCUT2D eigenvalue weighted by atomic mass is 9.90. The number of piperidine rings is 1. The molecule has 2 aliphatic rings. The Balaban J connectivity index is 1.36. The molecule has 2 aromatic rings. The Labute approximate surface area is 151 Å². The molecule has 2 heterocycles. The quantitative estimate of drug-likeness (QED) is 0.791. The van der Waals surface area contributed by atoms with E-state index in [0.717, 1.165) is 36.7 Å². The molecule has 1 saturated heterocycles. The molecule has 1 aliphatic heterocycles. The summed E-state index contributed by atoms with van der Waals surface area (Å²) in [6.45, 7) is 4.55. The van der Waals surface area contributed by atoms with E-state index < -0.39 is 0 Å². The molecule has 1 saturated carbocycles. The summed E-state index contributed by atoms with van der Waals surface area (Å²) >= 11 is 0. The van der Waals surface area contributed by atoms with Crippen molar-refractivity contribution in [3.05, 3.63) is 48.3 Å². The number of hydrogen-bond donors (Lipinski definition) is 0. The van der Waals surface area contributed by atoms with Gasteiger partial charge in [-0.2, -0.15) is 0 Å². The van der Waals surface area contributed by atoms with Crippen LogP contribution < -0.4 is 4.74 Å². The highest BCUT2D eigenvalue weighted by atomic mass is 16.5. The molecule has 132 valence electrons. The van der Waals surface area contributed by atoms with Gasteiger partial charge in [-0.25, -0.2) is 0 Å². The summed E-state index contributed by atoms with van der Waals surface area (Å²) in [5.41, 5.74) is 3.60. The zero-order valence-corrected chi connectivity index (χ0v) is 15.2. The van der Waals surface area contributed by atoms with Crippen LogP contribution in [0.2, 0.25) is 0 Å². The molecule has 1 aromatic heterocycles. The summed E-state index contributed by atoms with van der Waals surface area (Å²) in [6.07, 6.45) is 9.73. The van der Waals surface area contributed by atoms with E-state index in [1.807, 2.05) is 12.3 Å². The number of rotatable bonds is 5. The van der Waals surface area contributed by atoms with Crippen molar-refractivity contribution >= 4 is 0 Å². The van der Waals surface area contributed by atoms with Crippen LogP contribution in [0.15, 0.2) is 42.6 Å². The molecule has 3 heteroatoms. The van der Waals surface area contributed by atoms with Gasteiger partial charge in [-0.3, -0.25) is 4.98 Å². The Morgan fingerprint density at radius 2 is 1.80 bits per heavy atom. The van der Waals surface area contributed by atoms with Crippen molar-refractivity contribution in [2.75, 3.05) is 13.1 Å². The summed E-state index contributed by atoms with van der Waals surface area (Å²) in [5, 5.41) is 0. The number of nitrogens with zero attached hydrogens (tertiary/aromatic N) is 2. The van der Waals surface area contributed by atoms with Crippen molar-refractivity contribution in [2.45, 2.75) is 57.6 Å². The van der Waals surface area contributed by atoms with Gasteiger partial charge >= 0.3 is 0 Å². The van der Waals surface area contributed by atoms with Crippen LogP contribution >= 0.6 is 0 Å². The molecule has 2 fully saturated rings. The second-order valence-electron chi connectivity index (χ2n) is 7.31. The number of benzene rings is 1. The van der Waals surface area contributed by atoms with E-state index >= 15 is 0 Å². The molecule has 0 radical (unpaired) electrons. The number of aromatic nitrogens is 1. The highest BCUT2D eigenvalue weighted by molar-refractivity contribution is 5.66. The monoisotopic (exact) mass is 336 g/mol. The van der Waals surface area contributed by atoms with Gasteiger partial charge in [0.05, 0.1) is 0 Å². The zero-order chi connectivity index (χ0) is 17.1. The van der Waals surface area contributed by atoms with Crippen LogP contribution in [0.3, 0.4) is 0 Å². The van der Waals surface area contributed by atoms with Gasteiger partial charge in [-0.05, 0) is 55.9 Å². The molecule has 4 rings (SSSR count). The van der Waals surface area contributed by atoms with Crippen molar-refractivity contribution in [3.63, 3.8) is 0 Å². The SMILES string of the molecule is CCc1ncccc1-c1ccc(OC2CCN(C3CCC3)CC2)cc1. The fraction of sp³-hybridized carbons (Fsp3) is 0.500. The van der Waals surface area contributed by atoms with Crippen molar-refractivity contribution < 1.29 is 4.74 Å². The molecule has 0 bridgehead atoms. The number of aryl methyl sites for hydroxylation is 1.